The lowest BCUT2D eigenvalue weighted by molar-refractivity contribution is -0.134. The first-order valence-corrected chi connectivity index (χ1v) is 7.50. The average molecular weight is 287 g/mol. The van der Waals surface area contributed by atoms with Crippen LogP contribution in [0.15, 0.2) is 24.3 Å². The summed E-state index contributed by atoms with van der Waals surface area (Å²) >= 11 is 0. The zero-order valence-electron chi connectivity index (χ0n) is 12.3. The van der Waals surface area contributed by atoms with Gasteiger partial charge in [0, 0.05) is 38.3 Å². The third kappa shape index (κ3) is 3.08. The molecule has 1 N–H and O–H groups in total. The van der Waals surface area contributed by atoms with Crippen LogP contribution in [0.4, 0.5) is 5.69 Å². The van der Waals surface area contributed by atoms with Gasteiger partial charge in [-0.25, -0.2) is 0 Å². The minimum Gasteiger partial charge on any atom is -0.369 e. The molecule has 2 aliphatic heterocycles. The molecule has 5 nitrogen and oxygen atoms in total. The number of rotatable bonds is 2. The van der Waals surface area contributed by atoms with Gasteiger partial charge in [0.2, 0.25) is 11.8 Å². The summed E-state index contributed by atoms with van der Waals surface area (Å²) in [4.78, 5) is 27.8. The highest BCUT2D eigenvalue weighted by molar-refractivity contribution is 6.00. The van der Waals surface area contributed by atoms with E-state index in [1.807, 2.05) is 12.1 Å². The second-order valence-electron chi connectivity index (χ2n) is 5.89. The molecule has 2 fully saturated rings. The van der Waals surface area contributed by atoms with Crippen LogP contribution in [-0.4, -0.2) is 49.9 Å². The summed E-state index contributed by atoms with van der Waals surface area (Å²) < 4.78 is 0. The Morgan fingerprint density at radius 3 is 2.33 bits per heavy atom. The van der Waals surface area contributed by atoms with E-state index >= 15 is 0 Å². The lowest BCUT2D eigenvalue weighted by Crippen LogP contribution is -2.44. The van der Waals surface area contributed by atoms with E-state index in [-0.39, 0.29) is 17.7 Å². The fourth-order valence-corrected chi connectivity index (χ4v) is 2.99. The van der Waals surface area contributed by atoms with E-state index in [4.69, 9.17) is 0 Å². The van der Waals surface area contributed by atoms with Crippen molar-refractivity contribution in [2.45, 2.75) is 18.8 Å². The molecule has 1 unspecified atom stereocenters. The van der Waals surface area contributed by atoms with Crippen molar-refractivity contribution in [3.05, 3.63) is 29.8 Å². The molecule has 5 heteroatoms. The summed E-state index contributed by atoms with van der Waals surface area (Å²) in [7, 11) is 2.14. The first-order chi connectivity index (χ1) is 10.1. The van der Waals surface area contributed by atoms with Gasteiger partial charge in [0.25, 0.3) is 0 Å². The van der Waals surface area contributed by atoms with Gasteiger partial charge in [-0.1, -0.05) is 12.1 Å². The fourth-order valence-electron chi connectivity index (χ4n) is 2.99. The molecule has 0 radical (unpaired) electrons. The number of nitrogens with one attached hydrogen (secondary N) is 1. The standard InChI is InChI=1S/C16H21N3O2/c1-18-8-10-19(11-9-18)13-4-2-12(3-5-13)14-6-7-15(20)17-16(14)21/h2-5,14H,6-11H2,1H3,(H,17,20,21). The topological polar surface area (TPSA) is 52.6 Å². The quantitative estimate of drug-likeness (QED) is 0.823. The van der Waals surface area contributed by atoms with Crippen LogP contribution in [0.2, 0.25) is 0 Å². The van der Waals surface area contributed by atoms with E-state index in [9.17, 15) is 9.59 Å². The van der Waals surface area contributed by atoms with Gasteiger partial charge in [0.05, 0.1) is 5.92 Å². The van der Waals surface area contributed by atoms with E-state index in [2.05, 4.69) is 34.3 Å². The number of carbonyl (C=O) groups excluding carboxylic acids is 2. The number of piperidine rings is 1. The normalized spacial score (nSPS) is 24.0. The monoisotopic (exact) mass is 287 g/mol. The predicted molar refractivity (Wildman–Crippen MR) is 81.3 cm³/mol. The van der Waals surface area contributed by atoms with E-state index in [1.165, 1.54) is 5.69 Å². The number of carbonyl (C=O) groups is 2. The second kappa shape index (κ2) is 5.85. The van der Waals surface area contributed by atoms with Gasteiger partial charge in [-0.3, -0.25) is 14.9 Å². The zero-order chi connectivity index (χ0) is 14.8. The summed E-state index contributed by atoms with van der Waals surface area (Å²) in [5, 5.41) is 2.42. The van der Waals surface area contributed by atoms with Crippen LogP contribution >= 0.6 is 0 Å². The van der Waals surface area contributed by atoms with Crippen molar-refractivity contribution < 1.29 is 9.59 Å². The number of hydrogen-bond donors (Lipinski definition) is 1. The lowest BCUT2D eigenvalue weighted by Gasteiger charge is -2.34. The van der Waals surface area contributed by atoms with Crippen LogP contribution < -0.4 is 10.2 Å². The molecule has 1 aromatic carbocycles. The molecular formula is C16H21N3O2. The number of amides is 2. The number of nitrogens with zero attached hydrogens (tertiary/aromatic N) is 2. The van der Waals surface area contributed by atoms with E-state index in [1.54, 1.807) is 0 Å². The van der Waals surface area contributed by atoms with Crippen molar-refractivity contribution in [3.63, 3.8) is 0 Å². The maximum atomic E-state index is 11.9. The first kappa shape index (κ1) is 14.1. The fraction of sp³-hybridized carbons (Fsp3) is 0.500. The Morgan fingerprint density at radius 1 is 1.05 bits per heavy atom. The number of piperazine rings is 1. The van der Waals surface area contributed by atoms with Crippen molar-refractivity contribution in [1.82, 2.24) is 10.2 Å². The molecule has 3 rings (SSSR count). The van der Waals surface area contributed by atoms with Crippen molar-refractivity contribution >= 4 is 17.5 Å². The Kier molecular flexibility index (Phi) is 3.92. The third-order valence-electron chi connectivity index (χ3n) is 4.40. The summed E-state index contributed by atoms with van der Waals surface area (Å²) in [5.41, 5.74) is 2.21. The smallest absolute Gasteiger partial charge is 0.234 e. The van der Waals surface area contributed by atoms with Crippen molar-refractivity contribution in [2.24, 2.45) is 0 Å². The Balaban J connectivity index is 1.69. The Morgan fingerprint density at radius 2 is 1.71 bits per heavy atom. The van der Waals surface area contributed by atoms with Gasteiger partial charge in [0.1, 0.15) is 0 Å². The Hall–Kier alpha value is -1.88. The maximum absolute atomic E-state index is 11.9. The van der Waals surface area contributed by atoms with Gasteiger partial charge in [-0.05, 0) is 31.2 Å². The van der Waals surface area contributed by atoms with Crippen molar-refractivity contribution in [1.29, 1.82) is 0 Å². The summed E-state index contributed by atoms with van der Waals surface area (Å²) in [6, 6.07) is 8.22. The van der Waals surface area contributed by atoms with Crippen LogP contribution in [0.25, 0.3) is 0 Å². The van der Waals surface area contributed by atoms with Gasteiger partial charge >= 0.3 is 0 Å². The molecule has 2 aliphatic rings. The maximum Gasteiger partial charge on any atom is 0.234 e. The minimum absolute atomic E-state index is 0.162. The Labute approximate surface area is 124 Å². The van der Waals surface area contributed by atoms with Crippen LogP contribution in [0.5, 0.6) is 0 Å². The van der Waals surface area contributed by atoms with Gasteiger partial charge < -0.3 is 9.80 Å². The molecule has 1 atom stereocenters. The van der Waals surface area contributed by atoms with Gasteiger partial charge in [0.15, 0.2) is 0 Å². The number of imide groups is 1. The van der Waals surface area contributed by atoms with Gasteiger partial charge in [-0.2, -0.15) is 0 Å². The van der Waals surface area contributed by atoms with Crippen LogP contribution in [0.1, 0.15) is 24.3 Å². The molecule has 112 valence electrons. The van der Waals surface area contributed by atoms with Crippen LogP contribution in [0.3, 0.4) is 0 Å². The molecular weight excluding hydrogens is 266 g/mol. The number of anilines is 1. The molecule has 2 amide bonds. The molecule has 21 heavy (non-hydrogen) atoms. The van der Waals surface area contributed by atoms with E-state index in [0.717, 1.165) is 31.7 Å². The largest absolute Gasteiger partial charge is 0.369 e. The zero-order valence-corrected chi connectivity index (χ0v) is 12.3. The van der Waals surface area contributed by atoms with E-state index in [0.29, 0.717) is 12.8 Å². The molecule has 0 aromatic heterocycles. The highest BCUT2D eigenvalue weighted by Crippen LogP contribution is 2.27. The lowest BCUT2D eigenvalue weighted by atomic mass is 9.90. The van der Waals surface area contributed by atoms with Crippen molar-refractivity contribution in [3.8, 4) is 0 Å². The highest BCUT2D eigenvalue weighted by atomic mass is 16.2. The predicted octanol–water partition coefficient (Wildman–Crippen LogP) is 0.959. The Bertz CT molecular complexity index is 533. The molecule has 1 aromatic rings. The van der Waals surface area contributed by atoms with Gasteiger partial charge in [-0.15, -0.1) is 0 Å². The minimum atomic E-state index is -0.191. The van der Waals surface area contributed by atoms with Crippen LogP contribution in [-0.2, 0) is 9.59 Å². The second-order valence-corrected chi connectivity index (χ2v) is 5.89. The summed E-state index contributed by atoms with van der Waals surface area (Å²) in [6.07, 6.45) is 1.04. The number of hydrogen-bond acceptors (Lipinski definition) is 4. The first-order valence-electron chi connectivity index (χ1n) is 7.50. The molecule has 0 bridgehead atoms. The summed E-state index contributed by atoms with van der Waals surface area (Å²) in [5.74, 6) is -0.520. The molecule has 2 heterocycles. The van der Waals surface area contributed by atoms with Crippen molar-refractivity contribution in [2.75, 3.05) is 38.1 Å². The third-order valence-corrected chi connectivity index (χ3v) is 4.40. The molecule has 2 saturated heterocycles. The van der Waals surface area contributed by atoms with Crippen LogP contribution in [0, 0.1) is 0 Å². The number of likely N-dealkylation sites (N-methyl/N-ethyl adjacent to an activating group) is 1. The number of benzene rings is 1. The SMILES string of the molecule is CN1CCN(c2ccc(C3CCC(=O)NC3=O)cc2)CC1. The molecule has 0 spiro atoms. The molecule has 0 saturated carbocycles. The molecule has 0 aliphatic carbocycles. The average Bonchev–Trinajstić information content (AvgIpc) is 2.48. The summed E-state index contributed by atoms with van der Waals surface area (Å²) in [6.45, 7) is 4.23. The highest BCUT2D eigenvalue weighted by Gasteiger charge is 2.27. The van der Waals surface area contributed by atoms with E-state index < -0.39 is 0 Å².